The molecular formula is C10H20N2O2. The molecule has 0 spiro atoms. The summed E-state index contributed by atoms with van der Waals surface area (Å²) in [5, 5.41) is 3.35. The minimum absolute atomic E-state index is 0.0145. The van der Waals surface area contributed by atoms with Crippen molar-refractivity contribution in [3.8, 4) is 0 Å². The monoisotopic (exact) mass is 200 g/mol. The fourth-order valence-electron chi connectivity index (χ4n) is 2.04. The van der Waals surface area contributed by atoms with E-state index < -0.39 is 0 Å². The first-order valence-corrected chi connectivity index (χ1v) is 5.27. The number of rotatable bonds is 5. The number of amides is 1. The fraction of sp³-hybridized carbons (Fsp3) is 0.900. The van der Waals surface area contributed by atoms with Gasteiger partial charge in [0.2, 0.25) is 5.91 Å². The van der Waals surface area contributed by atoms with E-state index in [2.05, 4.69) is 5.32 Å². The van der Waals surface area contributed by atoms with Crippen LogP contribution in [0.2, 0.25) is 0 Å². The molecule has 4 nitrogen and oxygen atoms in total. The van der Waals surface area contributed by atoms with Crippen LogP contribution in [0, 0.1) is 5.92 Å². The lowest BCUT2D eigenvalue weighted by Gasteiger charge is -2.30. The molecule has 14 heavy (non-hydrogen) atoms. The van der Waals surface area contributed by atoms with Crippen molar-refractivity contribution in [2.45, 2.75) is 31.7 Å². The normalized spacial score (nSPS) is 27.5. The highest BCUT2D eigenvalue weighted by Crippen LogP contribution is 2.19. The van der Waals surface area contributed by atoms with Crippen LogP contribution in [-0.2, 0) is 9.53 Å². The topological polar surface area (TPSA) is 64.3 Å². The van der Waals surface area contributed by atoms with E-state index in [0.717, 1.165) is 38.8 Å². The third-order valence-electron chi connectivity index (χ3n) is 2.81. The van der Waals surface area contributed by atoms with E-state index in [1.807, 2.05) is 0 Å². The zero-order chi connectivity index (χ0) is 10.4. The second kappa shape index (κ2) is 5.98. The van der Waals surface area contributed by atoms with Crippen molar-refractivity contribution in [1.82, 2.24) is 5.32 Å². The molecule has 1 aliphatic rings. The highest BCUT2D eigenvalue weighted by atomic mass is 16.5. The Morgan fingerprint density at radius 1 is 1.64 bits per heavy atom. The number of primary amides is 1. The molecule has 0 aliphatic carbocycles. The first kappa shape index (κ1) is 11.5. The smallest absolute Gasteiger partial charge is 0.222 e. The van der Waals surface area contributed by atoms with Crippen molar-refractivity contribution in [2.24, 2.45) is 11.7 Å². The van der Waals surface area contributed by atoms with Gasteiger partial charge in [0.05, 0.1) is 5.92 Å². The van der Waals surface area contributed by atoms with Crippen LogP contribution in [0.1, 0.15) is 25.7 Å². The summed E-state index contributed by atoms with van der Waals surface area (Å²) in [4.78, 5) is 11.1. The zero-order valence-corrected chi connectivity index (χ0v) is 8.79. The maximum atomic E-state index is 11.1. The molecular weight excluding hydrogens is 180 g/mol. The van der Waals surface area contributed by atoms with Gasteiger partial charge in [-0.25, -0.2) is 0 Å². The summed E-state index contributed by atoms with van der Waals surface area (Å²) in [7, 11) is 1.69. The van der Waals surface area contributed by atoms with Gasteiger partial charge in [0.15, 0.2) is 0 Å². The van der Waals surface area contributed by atoms with Crippen molar-refractivity contribution >= 4 is 5.91 Å². The highest BCUT2D eigenvalue weighted by Gasteiger charge is 2.28. The standard InChI is InChI=1S/C10H20N2O2/c1-14-7-3-5-9-8(10(11)13)4-2-6-12-9/h8-9,12H,2-7H2,1H3,(H2,11,13). The number of piperidine rings is 1. The van der Waals surface area contributed by atoms with E-state index in [4.69, 9.17) is 10.5 Å². The van der Waals surface area contributed by atoms with E-state index in [-0.39, 0.29) is 17.9 Å². The summed E-state index contributed by atoms with van der Waals surface area (Å²) in [5.74, 6) is -0.153. The van der Waals surface area contributed by atoms with Crippen LogP contribution in [0.25, 0.3) is 0 Å². The average Bonchev–Trinajstić information content (AvgIpc) is 2.19. The number of carbonyl (C=O) groups excluding carboxylic acids is 1. The first-order chi connectivity index (χ1) is 6.75. The van der Waals surface area contributed by atoms with Gasteiger partial charge < -0.3 is 15.8 Å². The van der Waals surface area contributed by atoms with Gasteiger partial charge in [-0.05, 0) is 32.2 Å². The molecule has 0 aromatic rings. The van der Waals surface area contributed by atoms with Crippen molar-refractivity contribution in [3.05, 3.63) is 0 Å². The molecule has 1 saturated heterocycles. The van der Waals surface area contributed by atoms with Crippen molar-refractivity contribution in [3.63, 3.8) is 0 Å². The SMILES string of the molecule is COCCCC1NCCCC1C(N)=O. The molecule has 2 unspecified atom stereocenters. The van der Waals surface area contributed by atoms with Gasteiger partial charge in [-0.2, -0.15) is 0 Å². The summed E-state index contributed by atoms with van der Waals surface area (Å²) in [6.45, 7) is 1.76. The van der Waals surface area contributed by atoms with E-state index in [1.165, 1.54) is 0 Å². The van der Waals surface area contributed by atoms with Gasteiger partial charge >= 0.3 is 0 Å². The first-order valence-electron chi connectivity index (χ1n) is 5.27. The van der Waals surface area contributed by atoms with Gasteiger partial charge in [-0.1, -0.05) is 0 Å². The molecule has 1 aliphatic heterocycles. The molecule has 1 amide bonds. The predicted molar refractivity (Wildman–Crippen MR) is 54.8 cm³/mol. The molecule has 2 atom stereocenters. The highest BCUT2D eigenvalue weighted by molar-refractivity contribution is 5.77. The van der Waals surface area contributed by atoms with Gasteiger partial charge in [-0.15, -0.1) is 0 Å². The molecule has 0 radical (unpaired) electrons. The number of nitrogens with two attached hydrogens (primary N) is 1. The molecule has 0 saturated carbocycles. The second-order valence-corrected chi connectivity index (χ2v) is 3.85. The molecule has 82 valence electrons. The van der Waals surface area contributed by atoms with Gasteiger partial charge in [-0.3, -0.25) is 4.79 Å². The molecule has 0 aromatic heterocycles. The number of hydrogen-bond donors (Lipinski definition) is 2. The number of hydrogen-bond acceptors (Lipinski definition) is 3. The number of carbonyl (C=O) groups is 1. The average molecular weight is 200 g/mol. The third kappa shape index (κ3) is 3.27. The van der Waals surface area contributed by atoms with Crippen molar-refractivity contribution in [1.29, 1.82) is 0 Å². The van der Waals surface area contributed by atoms with Crippen LogP contribution in [0.15, 0.2) is 0 Å². The molecule has 0 bridgehead atoms. The molecule has 1 fully saturated rings. The maximum Gasteiger partial charge on any atom is 0.222 e. The van der Waals surface area contributed by atoms with Crippen LogP contribution in [0.4, 0.5) is 0 Å². The maximum absolute atomic E-state index is 11.1. The lowest BCUT2D eigenvalue weighted by molar-refractivity contribution is -0.123. The molecule has 3 N–H and O–H groups in total. The summed E-state index contributed by atoms with van der Waals surface area (Å²) in [5.41, 5.74) is 5.35. The Labute approximate surface area is 85.2 Å². The summed E-state index contributed by atoms with van der Waals surface area (Å²) < 4.78 is 4.98. The molecule has 0 aromatic carbocycles. The lowest BCUT2D eigenvalue weighted by atomic mass is 9.87. The quantitative estimate of drug-likeness (QED) is 0.626. The Morgan fingerprint density at radius 2 is 2.43 bits per heavy atom. The minimum atomic E-state index is -0.167. The van der Waals surface area contributed by atoms with E-state index in [9.17, 15) is 4.79 Å². The van der Waals surface area contributed by atoms with Crippen LogP contribution in [-0.4, -0.2) is 32.2 Å². The largest absolute Gasteiger partial charge is 0.385 e. The fourth-order valence-corrected chi connectivity index (χ4v) is 2.04. The van der Waals surface area contributed by atoms with E-state index in [1.54, 1.807) is 7.11 Å². The lowest BCUT2D eigenvalue weighted by Crippen LogP contribution is -2.46. The Hall–Kier alpha value is -0.610. The van der Waals surface area contributed by atoms with Gasteiger partial charge in [0, 0.05) is 19.8 Å². The predicted octanol–water partition coefficient (Wildman–Crippen LogP) is 0.267. The second-order valence-electron chi connectivity index (χ2n) is 3.85. The Kier molecular flexibility index (Phi) is 4.90. The number of methoxy groups -OCH3 is 1. The Bertz CT molecular complexity index is 185. The Balaban J connectivity index is 2.34. The van der Waals surface area contributed by atoms with Crippen molar-refractivity contribution < 1.29 is 9.53 Å². The Morgan fingerprint density at radius 3 is 3.07 bits per heavy atom. The third-order valence-corrected chi connectivity index (χ3v) is 2.81. The number of nitrogens with one attached hydrogen (secondary N) is 1. The zero-order valence-electron chi connectivity index (χ0n) is 8.79. The van der Waals surface area contributed by atoms with E-state index >= 15 is 0 Å². The van der Waals surface area contributed by atoms with Gasteiger partial charge in [0.1, 0.15) is 0 Å². The van der Waals surface area contributed by atoms with Crippen molar-refractivity contribution in [2.75, 3.05) is 20.3 Å². The minimum Gasteiger partial charge on any atom is -0.385 e. The summed E-state index contributed by atoms with van der Waals surface area (Å²) >= 11 is 0. The summed E-state index contributed by atoms with van der Waals surface area (Å²) in [6, 6.07) is 0.261. The summed E-state index contributed by atoms with van der Waals surface area (Å²) in [6.07, 6.45) is 3.94. The van der Waals surface area contributed by atoms with Crippen LogP contribution in [0.3, 0.4) is 0 Å². The van der Waals surface area contributed by atoms with Gasteiger partial charge in [0.25, 0.3) is 0 Å². The number of ether oxygens (including phenoxy) is 1. The molecule has 4 heteroatoms. The van der Waals surface area contributed by atoms with Crippen LogP contribution in [0.5, 0.6) is 0 Å². The van der Waals surface area contributed by atoms with Crippen LogP contribution >= 0.6 is 0 Å². The molecule has 1 heterocycles. The van der Waals surface area contributed by atoms with Crippen LogP contribution < -0.4 is 11.1 Å². The van der Waals surface area contributed by atoms with E-state index in [0.29, 0.717) is 0 Å². The molecule has 1 rings (SSSR count).